The van der Waals surface area contributed by atoms with Crippen LogP contribution in [-0.4, -0.2) is 66.9 Å². The summed E-state index contributed by atoms with van der Waals surface area (Å²) in [5.41, 5.74) is 1.80. The van der Waals surface area contributed by atoms with E-state index >= 15 is 0 Å². The monoisotopic (exact) mass is 304 g/mol. The number of benzene rings is 1. The Kier molecular flexibility index (Phi) is 4.08. The number of piperazine rings is 1. The molecule has 0 N–H and O–H groups in total. The van der Waals surface area contributed by atoms with Gasteiger partial charge in [0.1, 0.15) is 0 Å². The molecule has 2 aliphatic rings. The molecule has 0 atom stereocenters. The van der Waals surface area contributed by atoms with Crippen LogP contribution in [0.4, 0.5) is 11.4 Å². The van der Waals surface area contributed by atoms with Gasteiger partial charge in [0.25, 0.3) is 5.69 Å². The number of nitro benzene ring substituents is 1. The van der Waals surface area contributed by atoms with Crippen LogP contribution in [0.25, 0.3) is 0 Å². The van der Waals surface area contributed by atoms with E-state index in [1.165, 1.54) is 6.07 Å². The second kappa shape index (κ2) is 6.02. The van der Waals surface area contributed by atoms with Gasteiger partial charge in [-0.3, -0.25) is 19.8 Å². The lowest BCUT2D eigenvalue weighted by atomic mass is 10.1. The number of non-ortho nitro benzene ring substituents is 1. The molecule has 22 heavy (non-hydrogen) atoms. The fourth-order valence-corrected chi connectivity index (χ4v) is 3.04. The minimum absolute atomic E-state index is 0.0807. The number of fused-ring (bicyclic) bond motifs is 1. The molecule has 0 aliphatic carbocycles. The molecule has 0 aromatic heterocycles. The summed E-state index contributed by atoms with van der Waals surface area (Å²) in [7, 11) is 2.09. The second-order valence-electron chi connectivity index (χ2n) is 5.94. The van der Waals surface area contributed by atoms with Crippen LogP contribution in [0.2, 0.25) is 0 Å². The van der Waals surface area contributed by atoms with Crippen molar-refractivity contribution in [3.63, 3.8) is 0 Å². The Balaban J connectivity index is 1.67. The van der Waals surface area contributed by atoms with E-state index in [1.54, 1.807) is 17.0 Å². The van der Waals surface area contributed by atoms with Gasteiger partial charge in [0.2, 0.25) is 5.91 Å². The van der Waals surface area contributed by atoms with Gasteiger partial charge >= 0.3 is 0 Å². The molecular formula is C15H20N4O3. The number of hydrogen-bond acceptors (Lipinski definition) is 5. The highest BCUT2D eigenvalue weighted by molar-refractivity contribution is 5.97. The smallest absolute Gasteiger partial charge is 0.269 e. The van der Waals surface area contributed by atoms with E-state index in [0.29, 0.717) is 19.5 Å². The van der Waals surface area contributed by atoms with Gasteiger partial charge in [0.05, 0.1) is 11.5 Å². The van der Waals surface area contributed by atoms with Gasteiger partial charge in [-0.15, -0.1) is 0 Å². The summed E-state index contributed by atoms with van der Waals surface area (Å²) in [4.78, 5) is 29.1. The fraction of sp³-hybridized carbons (Fsp3) is 0.533. The van der Waals surface area contributed by atoms with Crippen molar-refractivity contribution in [2.75, 3.05) is 51.2 Å². The number of carbonyl (C=O) groups excluding carboxylic acids is 1. The zero-order chi connectivity index (χ0) is 15.7. The maximum atomic E-state index is 12.5. The Bertz CT molecular complexity index is 596. The molecule has 1 fully saturated rings. The molecule has 2 aliphatic heterocycles. The topological polar surface area (TPSA) is 69.9 Å². The molecule has 0 saturated carbocycles. The fourth-order valence-electron chi connectivity index (χ4n) is 3.04. The Morgan fingerprint density at radius 2 is 1.95 bits per heavy atom. The van der Waals surface area contributed by atoms with E-state index in [0.717, 1.165) is 37.4 Å². The molecule has 7 heteroatoms. The number of nitrogens with zero attached hydrogens (tertiary/aromatic N) is 4. The van der Waals surface area contributed by atoms with Gasteiger partial charge < -0.3 is 9.80 Å². The Labute approximate surface area is 129 Å². The van der Waals surface area contributed by atoms with Crippen LogP contribution in [-0.2, 0) is 11.2 Å². The SMILES string of the molecule is CN1CCN(CC(=O)N2CCc3cc([N+](=O)[O-])ccc32)CC1. The zero-order valence-electron chi connectivity index (χ0n) is 12.7. The zero-order valence-corrected chi connectivity index (χ0v) is 12.7. The normalized spacial score (nSPS) is 19.2. The first-order valence-corrected chi connectivity index (χ1v) is 7.53. The molecule has 1 aromatic rings. The van der Waals surface area contributed by atoms with Gasteiger partial charge in [-0.2, -0.15) is 0 Å². The predicted molar refractivity (Wildman–Crippen MR) is 83.1 cm³/mol. The molecule has 0 bridgehead atoms. The molecule has 1 amide bonds. The average molecular weight is 304 g/mol. The predicted octanol–water partition coefficient (Wildman–Crippen LogP) is 0.731. The summed E-state index contributed by atoms with van der Waals surface area (Å²) in [5, 5.41) is 10.8. The summed E-state index contributed by atoms with van der Waals surface area (Å²) < 4.78 is 0. The number of likely N-dealkylation sites (N-methyl/N-ethyl adjacent to an activating group) is 1. The van der Waals surface area contributed by atoms with Crippen LogP contribution in [0.3, 0.4) is 0 Å². The summed E-state index contributed by atoms with van der Waals surface area (Å²) in [6, 6.07) is 4.75. The van der Waals surface area contributed by atoms with Crippen molar-refractivity contribution in [3.8, 4) is 0 Å². The van der Waals surface area contributed by atoms with Crippen molar-refractivity contribution in [2.45, 2.75) is 6.42 Å². The Hall–Kier alpha value is -1.99. The third kappa shape index (κ3) is 2.95. The second-order valence-corrected chi connectivity index (χ2v) is 5.94. The van der Waals surface area contributed by atoms with Gasteiger partial charge in [-0.05, 0) is 25.1 Å². The van der Waals surface area contributed by atoms with E-state index < -0.39 is 4.92 Å². The van der Waals surface area contributed by atoms with Crippen LogP contribution in [0.15, 0.2) is 18.2 Å². The Morgan fingerprint density at radius 3 is 2.64 bits per heavy atom. The average Bonchev–Trinajstić information content (AvgIpc) is 2.92. The molecule has 0 spiro atoms. The third-order valence-electron chi connectivity index (χ3n) is 4.43. The number of carbonyl (C=O) groups is 1. The summed E-state index contributed by atoms with van der Waals surface area (Å²) >= 11 is 0. The number of hydrogen-bond donors (Lipinski definition) is 0. The first-order valence-electron chi connectivity index (χ1n) is 7.53. The highest BCUT2D eigenvalue weighted by Gasteiger charge is 2.28. The van der Waals surface area contributed by atoms with Crippen LogP contribution in [0, 0.1) is 10.1 Å². The largest absolute Gasteiger partial charge is 0.311 e. The van der Waals surface area contributed by atoms with E-state index in [2.05, 4.69) is 16.8 Å². The molecular weight excluding hydrogens is 284 g/mol. The number of nitro groups is 1. The first-order chi connectivity index (χ1) is 10.5. The van der Waals surface area contributed by atoms with Gasteiger partial charge in [0, 0.05) is 50.5 Å². The molecule has 118 valence electrons. The maximum Gasteiger partial charge on any atom is 0.269 e. The van der Waals surface area contributed by atoms with Gasteiger partial charge in [-0.1, -0.05) is 0 Å². The van der Waals surface area contributed by atoms with E-state index in [-0.39, 0.29) is 11.6 Å². The molecule has 3 rings (SSSR count). The van der Waals surface area contributed by atoms with Crippen LogP contribution in [0.5, 0.6) is 0 Å². The van der Waals surface area contributed by atoms with Crippen molar-refractivity contribution in [2.24, 2.45) is 0 Å². The van der Waals surface area contributed by atoms with Crippen molar-refractivity contribution >= 4 is 17.3 Å². The van der Waals surface area contributed by atoms with E-state index in [9.17, 15) is 14.9 Å². The molecule has 0 unspecified atom stereocenters. The lowest BCUT2D eigenvalue weighted by Gasteiger charge is -2.32. The number of rotatable bonds is 3. The first kappa shape index (κ1) is 14.9. The summed E-state index contributed by atoms with van der Waals surface area (Å²) in [5.74, 6) is 0.0807. The highest BCUT2D eigenvalue weighted by Crippen LogP contribution is 2.31. The number of anilines is 1. The van der Waals surface area contributed by atoms with Crippen molar-refractivity contribution in [1.29, 1.82) is 0 Å². The third-order valence-corrected chi connectivity index (χ3v) is 4.43. The van der Waals surface area contributed by atoms with Gasteiger partial charge in [-0.25, -0.2) is 0 Å². The van der Waals surface area contributed by atoms with Crippen LogP contribution in [0.1, 0.15) is 5.56 Å². The summed E-state index contributed by atoms with van der Waals surface area (Å²) in [6.45, 7) is 4.81. The number of amides is 1. The maximum absolute atomic E-state index is 12.5. The quantitative estimate of drug-likeness (QED) is 0.608. The lowest BCUT2D eigenvalue weighted by molar-refractivity contribution is -0.384. The standard InChI is InChI=1S/C15H20N4O3/c1-16-6-8-17(9-7-16)11-15(20)18-5-4-12-10-13(19(21)22)2-3-14(12)18/h2-3,10H,4-9,11H2,1H3. The van der Waals surface area contributed by atoms with Crippen LogP contribution >= 0.6 is 0 Å². The van der Waals surface area contributed by atoms with Crippen molar-refractivity contribution in [1.82, 2.24) is 9.80 Å². The molecule has 2 heterocycles. The van der Waals surface area contributed by atoms with Crippen LogP contribution < -0.4 is 4.90 Å². The molecule has 7 nitrogen and oxygen atoms in total. The minimum Gasteiger partial charge on any atom is -0.311 e. The highest BCUT2D eigenvalue weighted by atomic mass is 16.6. The van der Waals surface area contributed by atoms with Gasteiger partial charge in [0.15, 0.2) is 0 Å². The molecule has 0 radical (unpaired) electrons. The minimum atomic E-state index is -0.394. The lowest BCUT2D eigenvalue weighted by Crippen LogP contribution is -2.48. The van der Waals surface area contributed by atoms with Crippen molar-refractivity contribution in [3.05, 3.63) is 33.9 Å². The Morgan fingerprint density at radius 1 is 1.23 bits per heavy atom. The molecule has 1 aromatic carbocycles. The van der Waals surface area contributed by atoms with E-state index in [4.69, 9.17) is 0 Å². The van der Waals surface area contributed by atoms with E-state index in [1.807, 2.05) is 0 Å². The summed E-state index contributed by atoms with van der Waals surface area (Å²) in [6.07, 6.45) is 0.686. The van der Waals surface area contributed by atoms with Crippen molar-refractivity contribution < 1.29 is 9.72 Å². The molecule has 1 saturated heterocycles.